The minimum atomic E-state index is -1.57. The molecule has 0 spiro atoms. The van der Waals surface area contributed by atoms with Crippen LogP contribution in [0.5, 0.6) is 0 Å². The lowest BCUT2D eigenvalue weighted by atomic mass is 10.2. The first-order valence-electron chi connectivity index (χ1n) is 7.80. The molecule has 6 nitrogen and oxygen atoms in total. The molecule has 0 saturated carbocycles. The summed E-state index contributed by atoms with van der Waals surface area (Å²) in [4.78, 5) is 19.3. The Balaban J connectivity index is 1.78. The normalized spacial score (nSPS) is 10.4. The second kappa shape index (κ2) is 7.73. The third kappa shape index (κ3) is 4.51. The number of nitrogens with one attached hydrogen (secondary N) is 3. The smallest absolute Gasteiger partial charge is 0.229 e. The van der Waals surface area contributed by atoms with E-state index in [9.17, 15) is 18.0 Å². The molecule has 0 aliphatic carbocycles. The van der Waals surface area contributed by atoms with E-state index in [-0.39, 0.29) is 23.4 Å². The van der Waals surface area contributed by atoms with Crippen molar-refractivity contribution in [2.24, 2.45) is 0 Å². The Kier molecular flexibility index (Phi) is 5.20. The van der Waals surface area contributed by atoms with Gasteiger partial charge in [0.25, 0.3) is 0 Å². The number of anilines is 5. The van der Waals surface area contributed by atoms with Crippen LogP contribution in [0.25, 0.3) is 0 Å². The summed E-state index contributed by atoms with van der Waals surface area (Å²) in [5.41, 5.74) is 0.939. The molecule has 0 saturated heterocycles. The van der Waals surface area contributed by atoms with E-state index in [2.05, 4.69) is 25.9 Å². The maximum absolute atomic E-state index is 13.8. The van der Waals surface area contributed by atoms with Gasteiger partial charge in [0.2, 0.25) is 11.9 Å². The number of hydrogen-bond donors (Lipinski definition) is 3. The quantitative estimate of drug-likeness (QED) is 0.580. The molecule has 27 heavy (non-hydrogen) atoms. The fourth-order valence-corrected chi connectivity index (χ4v) is 2.26. The van der Waals surface area contributed by atoms with Crippen LogP contribution in [0.2, 0.25) is 0 Å². The predicted octanol–water partition coefficient (Wildman–Crippen LogP) is 4.34. The summed E-state index contributed by atoms with van der Waals surface area (Å²) in [6, 6.07) is 10.2. The Morgan fingerprint density at radius 1 is 0.963 bits per heavy atom. The van der Waals surface area contributed by atoms with Crippen molar-refractivity contribution in [1.82, 2.24) is 9.97 Å². The first-order chi connectivity index (χ1) is 12.9. The third-order valence-corrected chi connectivity index (χ3v) is 3.39. The molecule has 1 aromatic heterocycles. The molecule has 0 fully saturated rings. The summed E-state index contributed by atoms with van der Waals surface area (Å²) in [5.74, 6) is -4.03. The van der Waals surface area contributed by atoms with Crippen LogP contribution >= 0.6 is 0 Å². The van der Waals surface area contributed by atoms with Crippen molar-refractivity contribution >= 4 is 34.7 Å². The first-order valence-corrected chi connectivity index (χ1v) is 7.80. The van der Waals surface area contributed by atoms with Crippen LogP contribution in [-0.4, -0.2) is 15.9 Å². The topological polar surface area (TPSA) is 78.9 Å². The van der Waals surface area contributed by atoms with Crippen molar-refractivity contribution in [3.05, 3.63) is 66.1 Å². The minimum Gasteiger partial charge on any atom is -0.338 e. The largest absolute Gasteiger partial charge is 0.338 e. The summed E-state index contributed by atoms with van der Waals surface area (Å²) in [6.07, 6.45) is 1.41. The zero-order valence-corrected chi connectivity index (χ0v) is 14.1. The average molecular weight is 373 g/mol. The van der Waals surface area contributed by atoms with E-state index in [1.807, 2.05) is 0 Å². The third-order valence-electron chi connectivity index (χ3n) is 3.39. The van der Waals surface area contributed by atoms with E-state index in [0.29, 0.717) is 11.4 Å². The number of benzene rings is 2. The molecule has 0 radical (unpaired) electrons. The fraction of sp³-hybridized carbons (Fsp3) is 0.0556. The SMILES string of the molecule is CC(=O)Nc1cccc(Nc2nccc(Nc3ccc(F)c(F)c3F)n2)c1. The van der Waals surface area contributed by atoms with Gasteiger partial charge in [-0.3, -0.25) is 4.79 Å². The molecule has 0 atom stereocenters. The van der Waals surface area contributed by atoms with Crippen molar-refractivity contribution in [3.63, 3.8) is 0 Å². The molecule has 0 bridgehead atoms. The maximum Gasteiger partial charge on any atom is 0.229 e. The van der Waals surface area contributed by atoms with Gasteiger partial charge in [0.15, 0.2) is 17.5 Å². The van der Waals surface area contributed by atoms with Crippen LogP contribution in [-0.2, 0) is 4.79 Å². The fourth-order valence-electron chi connectivity index (χ4n) is 2.26. The zero-order valence-electron chi connectivity index (χ0n) is 14.1. The van der Waals surface area contributed by atoms with E-state index in [4.69, 9.17) is 0 Å². The van der Waals surface area contributed by atoms with E-state index < -0.39 is 17.5 Å². The van der Waals surface area contributed by atoms with Gasteiger partial charge < -0.3 is 16.0 Å². The van der Waals surface area contributed by atoms with E-state index >= 15 is 0 Å². The van der Waals surface area contributed by atoms with Crippen LogP contribution in [0.4, 0.5) is 42.0 Å². The summed E-state index contributed by atoms with van der Waals surface area (Å²) in [7, 11) is 0. The van der Waals surface area contributed by atoms with Crippen LogP contribution in [0.1, 0.15) is 6.92 Å². The standard InChI is InChI=1S/C18H14F3N5O/c1-10(27)23-11-3-2-4-12(9-11)24-18-22-8-7-15(26-18)25-14-6-5-13(19)16(20)17(14)21/h2-9H,1H3,(H,23,27)(H2,22,24,25,26). The molecule has 0 aliphatic rings. The molecule has 1 heterocycles. The Hall–Kier alpha value is -3.62. The number of halogens is 3. The Morgan fingerprint density at radius 3 is 2.52 bits per heavy atom. The highest BCUT2D eigenvalue weighted by molar-refractivity contribution is 5.89. The number of carbonyl (C=O) groups excluding carboxylic acids is 1. The number of rotatable bonds is 5. The van der Waals surface area contributed by atoms with Gasteiger partial charge in [-0.1, -0.05) is 6.07 Å². The number of nitrogens with zero attached hydrogens (tertiary/aromatic N) is 2. The van der Waals surface area contributed by atoms with E-state index in [1.165, 1.54) is 19.2 Å². The average Bonchev–Trinajstić information content (AvgIpc) is 2.62. The number of hydrogen-bond acceptors (Lipinski definition) is 5. The van der Waals surface area contributed by atoms with Crippen molar-refractivity contribution in [3.8, 4) is 0 Å². The van der Waals surface area contributed by atoms with Gasteiger partial charge in [0.1, 0.15) is 5.82 Å². The second-order valence-corrected chi connectivity index (χ2v) is 5.50. The van der Waals surface area contributed by atoms with Crippen molar-refractivity contribution in [1.29, 1.82) is 0 Å². The molecule has 9 heteroatoms. The molecular formula is C18H14F3N5O. The monoisotopic (exact) mass is 373 g/mol. The Labute approximate surface area is 152 Å². The number of aromatic nitrogens is 2. The van der Waals surface area contributed by atoms with Crippen molar-refractivity contribution < 1.29 is 18.0 Å². The lowest BCUT2D eigenvalue weighted by molar-refractivity contribution is -0.114. The zero-order chi connectivity index (χ0) is 19.4. The summed E-state index contributed by atoms with van der Waals surface area (Å²) >= 11 is 0. The van der Waals surface area contributed by atoms with Gasteiger partial charge >= 0.3 is 0 Å². The van der Waals surface area contributed by atoms with Gasteiger partial charge in [-0.25, -0.2) is 18.2 Å². The predicted molar refractivity (Wildman–Crippen MR) is 95.7 cm³/mol. The van der Waals surface area contributed by atoms with Gasteiger partial charge in [-0.05, 0) is 36.4 Å². The van der Waals surface area contributed by atoms with Gasteiger partial charge in [0.05, 0.1) is 5.69 Å². The van der Waals surface area contributed by atoms with Gasteiger partial charge in [0, 0.05) is 24.5 Å². The first kappa shape index (κ1) is 18.2. The summed E-state index contributed by atoms with van der Waals surface area (Å²) < 4.78 is 40.1. The second-order valence-electron chi connectivity index (χ2n) is 5.50. The summed E-state index contributed by atoms with van der Waals surface area (Å²) in [6.45, 7) is 1.40. The van der Waals surface area contributed by atoms with Crippen LogP contribution in [0.3, 0.4) is 0 Å². The maximum atomic E-state index is 13.8. The molecule has 0 aliphatic heterocycles. The lowest BCUT2D eigenvalue weighted by Gasteiger charge is -2.10. The molecule has 0 unspecified atom stereocenters. The highest BCUT2D eigenvalue weighted by Crippen LogP contribution is 2.24. The molecule has 3 rings (SSSR count). The summed E-state index contributed by atoms with van der Waals surface area (Å²) in [5, 5.41) is 8.16. The molecule has 1 amide bonds. The molecular weight excluding hydrogens is 359 g/mol. The van der Waals surface area contributed by atoms with Crippen LogP contribution < -0.4 is 16.0 Å². The molecule has 138 valence electrons. The number of amides is 1. The van der Waals surface area contributed by atoms with Gasteiger partial charge in [-0.15, -0.1) is 0 Å². The molecule has 2 aromatic carbocycles. The number of carbonyl (C=O) groups is 1. The minimum absolute atomic E-state index is 0.176. The van der Waals surface area contributed by atoms with E-state index in [0.717, 1.165) is 12.1 Å². The Bertz CT molecular complexity index is 996. The van der Waals surface area contributed by atoms with Crippen molar-refractivity contribution in [2.45, 2.75) is 6.92 Å². The van der Waals surface area contributed by atoms with Crippen LogP contribution in [0.15, 0.2) is 48.7 Å². The van der Waals surface area contributed by atoms with Crippen molar-refractivity contribution in [2.75, 3.05) is 16.0 Å². The molecule has 3 aromatic rings. The Morgan fingerprint density at radius 2 is 1.74 bits per heavy atom. The van der Waals surface area contributed by atoms with Gasteiger partial charge in [-0.2, -0.15) is 4.98 Å². The van der Waals surface area contributed by atoms with Crippen LogP contribution in [0, 0.1) is 17.5 Å². The highest BCUT2D eigenvalue weighted by Gasteiger charge is 2.14. The molecule has 3 N–H and O–H groups in total. The lowest BCUT2D eigenvalue weighted by Crippen LogP contribution is -2.06. The highest BCUT2D eigenvalue weighted by atomic mass is 19.2. The van der Waals surface area contributed by atoms with E-state index in [1.54, 1.807) is 24.3 Å².